The molecular formula is C21H30FN3O2. The van der Waals surface area contributed by atoms with Crippen LogP contribution in [0.2, 0.25) is 0 Å². The molecule has 3 amide bonds. The molecule has 3 rings (SSSR count). The first-order chi connectivity index (χ1) is 13.0. The lowest BCUT2D eigenvalue weighted by atomic mass is 9.73. The summed E-state index contributed by atoms with van der Waals surface area (Å²) in [6.07, 6.45) is 5.58. The fourth-order valence-electron chi connectivity index (χ4n) is 4.31. The molecule has 0 aliphatic carbocycles. The van der Waals surface area contributed by atoms with Crippen LogP contribution in [0.5, 0.6) is 0 Å². The number of halogens is 1. The van der Waals surface area contributed by atoms with Crippen LogP contribution in [0, 0.1) is 11.2 Å². The molecule has 2 fully saturated rings. The van der Waals surface area contributed by atoms with Gasteiger partial charge in [0.05, 0.1) is 0 Å². The van der Waals surface area contributed by atoms with Gasteiger partial charge >= 0.3 is 6.03 Å². The standard InChI is InChI=1S/C21H30FN3O2/c1-2-3-11-24-15-21(10-8-19(24)26)9-5-12-25(16-21)20(27)23-14-17-6-4-7-18(22)13-17/h4,6-7,13H,2-3,5,8-12,14-16H2,1H3,(H,23,27). The maximum Gasteiger partial charge on any atom is 0.317 e. The minimum absolute atomic E-state index is 0.0239. The van der Waals surface area contributed by atoms with Crippen LogP contribution in [0.3, 0.4) is 0 Å². The van der Waals surface area contributed by atoms with Gasteiger partial charge in [0.25, 0.3) is 0 Å². The summed E-state index contributed by atoms with van der Waals surface area (Å²) in [6.45, 7) is 5.47. The van der Waals surface area contributed by atoms with E-state index >= 15 is 0 Å². The maximum atomic E-state index is 13.3. The van der Waals surface area contributed by atoms with Gasteiger partial charge in [-0.3, -0.25) is 4.79 Å². The van der Waals surface area contributed by atoms with E-state index in [1.54, 1.807) is 12.1 Å². The van der Waals surface area contributed by atoms with Crippen molar-refractivity contribution in [2.75, 3.05) is 26.2 Å². The van der Waals surface area contributed by atoms with E-state index in [0.29, 0.717) is 19.5 Å². The minimum atomic E-state index is -0.294. The molecule has 6 heteroatoms. The van der Waals surface area contributed by atoms with Crippen molar-refractivity contribution >= 4 is 11.9 Å². The smallest absolute Gasteiger partial charge is 0.317 e. The number of hydrogen-bond donors (Lipinski definition) is 1. The van der Waals surface area contributed by atoms with Gasteiger partial charge in [-0.05, 0) is 43.4 Å². The molecule has 0 bridgehead atoms. The van der Waals surface area contributed by atoms with Gasteiger partial charge in [-0.2, -0.15) is 0 Å². The normalized spacial score (nSPS) is 23.0. The van der Waals surface area contributed by atoms with Crippen molar-refractivity contribution in [3.63, 3.8) is 0 Å². The maximum absolute atomic E-state index is 13.3. The largest absolute Gasteiger partial charge is 0.342 e. The van der Waals surface area contributed by atoms with Gasteiger partial charge in [0.15, 0.2) is 0 Å². The second-order valence-corrected chi connectivity index (χ2v) is 7.98. The van der Waals surface area contributed by atoms with Crippen LogP contribution in [0.4, 0.5) is 9.18 Å². The number of carbonyl (C=O) groups excluding carboxylic acids is 2. The summed E-state index contributed by atoms with van der Waals surface area (Å²) < 4.78 is 13.3. The summed E-state index contributed by atoms with van der Waals surface area (Å²) in [5.41, 5.74) is 0.778. The minimum Gasteiger partial charge on any atom is -0.342 e. The molecule has 27 heavy (non-hydrogen) atoms. The Hall–Kier alpha value is -2.11. The molecule has 0 saturated carbocycles. The first kappa shape index (κ1) is 19.6. The van der Waals surface area contributed by atoms with Crippen LogP contribution in [0.25, 0.3) is 0 Å². The number of unbranched alkanes of at least 4 members (excludes halogenated alkanes) is 1. The molecule has 2 saturated heterocycles. The number of carbonyl (C=O) groups is 2. The van der Waals surface area contributed by atoms with E-state index in [-0.39, 0.29) is 23.2 Å². The molecule has 5 nitrogen and oxygen atoms in total. The van der Waals surface area contributed by atoms with Gasteiger partial charge in [0, 0.05) is 44.6 Å². The Kier molecular flexibility index (Phi) is 6.34. The molecule has 148 valence electrons. The predicted molar refractivity (Wildman–Crippen MR) is 103 cm³/mol. The molecule has 0 aromatic heterocycles. The molecule has 2 aliphatic heterocycles. The van der Waals surface area contributed by atoms with Crippen molar-refractivity contribution in [3.8, 4) is 0 Å². The summed E-state index contributed by atoms with van der Waals surface area (Å²) in [7, 11) is 0. The highest BCUT2D eigenvalue weighted by Crippen LogP contribution is 2.39. The third-order valence-electron chi connectivity index (χ3n) is 5.81. The Bertz CT molecular complexity index is 681. The molecule has 1 atom stereocenters. The van der Waals surface area contributed by atoms with Crippen LogP contribution >= 0.6 is 0 Å². The summed E-state index contributed by atoms with van der Waals surface area (Å²) in [5.74, 6) is -0.0422. The van der Waals surface area contributed by atoms with Gasteiger partial charge in [-0.15, -0.1) is 0 Å². The second kappa shape index (κ2) is 8.72. The molecule has 0 radical (unpaired) electrons. The highest BCUT2D eigenvalue weighted by molar-refractivity contribution is 5.77. The Labute approximate surface area is 160 Å². The number of rotatable bonds is 5. The molecular weight excluding hydrogens is 345 g/mol. The lowest BCUT2D eigenvalue weighted by molar-refractivity contribution is -0.139. The number of benzene rings is 1. The SMILES string of the molecule is CCCCN1CC2(CCCN(C(=O)NCc3cccc(F)c3)C2)CCC1=O. The van der Waals surface area contributed by atoms with Crippen molar-refractivity contribution in [1.29, 1.82) is 0 Å². The Morgan fingerprint density at radius 3 is 2.93 bits per heavy atom. The first-order valence-corrected chi connectivity index (χ1v) is 10.1. The van der Waals surface area contributed by atoms with Crippen LogP contribution in [-0.2, 0) is 11.3 Å². The first-order valence-electron chi connectivity index (χ1n) is 10.1. The van der Waals surface area contributed by atoms with Crippen molar-refractivity contribution in [2.45, 2.75) is 52.0 Å². The van der Waals surface area contributed by atoms with E-state index in [1.165, 1.54) is 12.1 Å². The van der Waals surface area contributed by atoms with Crippen molar-refractivity contribution in [2.24, 2.45) is 5.41 Å². The molecule has 1 unspecified atom stereocenters. The number of amides is 3. The summed E-state index contributed by atoms with van der Waals surface area (Å²) in [6, 6.07) is 6.19. The van der Waals surface area contributed by atoms with Gasteiger partial charge in [-0.1, -0.05) is 25.5 Å². The predicted octanol–water partition coefficient (Wildman–Crippen LogP) is 3.54. The van der Waals surface area contributed by atoms with Crippen molar-refractivity contribution < 1.29 is 14.0 Å². The topological polar surface area (TPSA) is 52.6 Å². The number of urea groups is 1. The van der Waals surface area contributed by atoms with Gasteiger partial charge in [0.1, 0.15) is 5.82 Å². The van der Waals surface area contributed by atoms with Gasteiger partial charge in [0.2, 0.25) is 5.91 Å². The summed E-state index contributed by atoms with van der Waals surface area (Å²) in [4.78, 5) is 28.7. The van der Waals surface area contributed by atoms with E-state index in [0.717, 1.165) is 57.3 Å². The second-order valence-electron chi connectivity index (χ2n) is 7.98. The van der Waals surface area contributed by atoms with E-state index in [9.17, 15) is 14.0 Å². The molecule has 1 aromatic carbocycles. The summed E-state index contributed by atoms with van der Waals surface area (Å²) in [5, 5.41) is 2.91. The Morgan fingerprint density at radius 2 is 2.15 bits per heavy atom. The average molecular weight is 375 g/mol. The van der Waals surface area contributed by atoms with Crippen LogP contribution in [-0.4, -0.2) is 47.9 Å². The van der Waals surface area contributed by atoms with Crippen molar-refractivity contribution in [1.82, 2.24) is 15.1 Å². The zero-order chi connectivity index (χ0) is 19.3. The lowest BCUT2D eigenvalue weighted by Crippen LogP contribution is -2.56. The highest BCUT2D eigenvalue weighted by Gasteiger charge is 2.42. The molecule has 1 N–H and O–H groups in total. The van der Waals surface area contributed by atoms with E-state index in [4.69, 9.17) is 0 Å². The third kappa shape index (κ3) is 4.99. The number of piperidine rings is 2. The number of hydrogen-bond acceptors (Lipinski definition) is 2. The van der Waals surface area contributed by atoms with Crippen molar-refractivity contribution in [3.05, 3.63) is 35.6 Å². The Morgan fingerprint density at radius 1 is 1.30 bits per heavy atom. The molecule has 2 aliphatic rings. The van der Waals surface area contributed by atoms with E-state index in [2.05, 4.69) is 12.2 Å². The number of likely N-dealkylation sites (tertiary alicyclic amines) is 2. The molecule has 2 heterocycles. The zero-order valence-electron chi connectivity index (χ0n) is 16.2. The van der Waals surface area contributed by atoms with E-state index < -0.39 is 0 Å². The fourth-order valence-corrected chi connectivity index (χ4v) is 4.31. The number of nitrogens with one attached hydrogen (secondary N) is 1. The quantitative estimate of drug-likeness (QED) is 0.856. The lowest BCUT2D eigenvalue weighted by Gasteiger charge is -2.48. The van der Waals surface area contributed by atoms with Gasteiger partial charge < -0.3 is 15.1 Å². The highest BCUT2D eigenvalue weighted by atomic mass is 19.1. The fraction of sp³-hybridized carbons (Fsp3) is 0.619. The zero-order valence-corrected chi connectivity index (χ0v) is 16.2. The number of nitrogens with zero attached hydrogens (tertiary/aromatic N) is 2. The summed E-state index contributed by atoms with van der Waals surface area (Å²) >= 11 is 0. The van der Waals surface area contributed by atoms with E-state index in [1.807, 2.05) is 9.80 Å². The van der Waals surface area contributed by atoms with Gasteiger partial charge in [-0.25, -0.2) is 9.18 Å². The third-order valence-corrected chi connectivity index (χ3v) is 5.81. The molecule has 1 aromatic rings. The van der Waals surface area contributed by atoms with Crippen LogP contribution in [0.15, 0.2) is 24.3 Å². The monoisotopic (exact) mass is 375 g/mol. The van der Waals surface area contributed by atoms with Crippen LogP contribution in [0.1, 0.15) is 51.0 Å². The molecule has 1 spiro atoms. The van der Waals surface area contributed by atoms with Crippen LogP contribution < -0.4 is 5.32 Å². The Balaban J connectivity index is 1.58. The average Bonchev–Trinajstić information content (AvgIpc) is 2.67.